The number of amides is 1. The van der Waals surface area contributed by atoms with Crippen LogP contribution in [0.5, 0.6) is 0 Å². The van der Waals surface area contributed by atoms with Crippen LogP contribution in [0.15, 0.2) is 24.3 Å². The maximum atomic E-state index is 12.1. The Bertz CT molecular complexity index is 382. The first-order valence-electron chi connectivity index (χ1n) is 5.88. The Morgan fingerprint density at radius 1 is 1.29 bits per heavy atom. The molecule has 0 aliphatic rings. The predicted octanol–water partition coefficient (Wildman–Crippen LogP) is 1.94. The molecule has 1 aromatic rings. The van der Waals surface area contributed by atoms with Crippen molar-refractivity contribution in [1.82, 2.24) is 4.90 Å². The van der Waals surface area contributed by atoms with Crippen LogP contribution in [0.25, 0.3) is 0 Å². The second-order valence-electron chi connectivity index (χ2n) is 5.23. The molecule has 0 aliphatic carbocycles. The maximum Gasteiger partial charge on any atom is 0.229 e. The van der Waals surface area contributed by atoms with Crippen LogP contribution >= 0.6 is 0 Å². The first kappa shape index (κ1) is 13.7. The summed E-state index contributed by atoms with van der Waals surface area (Å²) in [6.45, 7) is 6.80. The van der Waals surface area contributed by atoms with Gasteiger partial charge < -0.3 is 10.6 Å². The second-order valence-corrected chi connectivity index (χ2v) is 5.23. The Balaban J connectivity index is 2.69. The van der Waals surface area contributed by atoms with E-state index in [2.05, 4.69) is 31.2 Å². The fraction of sp³-hybridized carbons (Fsp3) is 0.500. The SMILES string of the molecule is Cc1ccc(CN(C)C(=O)C(C)(C)CN)cc1. The molecule has 0 heterocycles. The van der Waals surface area contributed by atoms with Crippen molar-refractivity contribution < 1.29 is 4.79 Å². The third-order valence-corrected chi connectivity index (χ3v) is 2.98. The Kier molecular flexibility index (Phi) is 4.29. The predicted molar refractivity (Wildman–Crippen MR) is 70.5 cm³/mol. The van der Waals surface area contributed by atoms with E-state index >= 15 is 0 Å². The molecule has 0 bridgehead atoms. The van der Waals surface area contributed by atoms with Gasteiger partial charge in [-0.15, -0.1) is 0 Å². The summed E-state index contributed by atoms with van der Waals surface area (Å²) in [5.74, 6) is 0.0839. The lowest BCUT2D eigenvalue weighted by Crippen LogP contribution is -2.42. The molecule has 3 nitrogen and oxygen atoms in total. The van der Waals surface area contributed by atoms with Crippen molar-refractivity contribution in [2.75, 3.05) is 13.6 Å². The van der Waals surface area contributed by atoms with Gasteiger partial charge in [-0.25, -0.2) is 0 Å². The highest BCUT2D eigenvalue weighted by atomic mass is 16.2. The topological polar surface area (TPSA) is 46.3 Å². The van der Waals surface area contributed by atoms with E-state index in [9.17, 15) is 4.79 Å². The molecule has 1 aromatic carbocycles. The standard InChI is InChI=1S/C14H22N2O/c1-11-5-7-12(8-6-11)9-16(4)13(17)14(2,3)10-15/h5-8H,9-10,15H2,1-4H3. The van der Waals surface area contributed by atoms with Gasteiger partial charge in [0.05, 0.1) is 5.41 Å². The summed E-state index contributed by atoms with van der Waals surface area (Å²) in [5.41, 5.74) is 7.49. The third kappa shape index (κ3) is 3.56. The summed E-state index contributed by atoms with van der Waals surface area (Å²) in [4.78, 5) is 13.8. The number of carbonyl (C=O) groups is 1. The van der Waals surface area contributed by atoms with Gasteiger partial charge in [0.25, 0.3) is 0 Å². The minimum Gasteiger partial charge on any atom is -0.341 e. The van der Waals surface area contributed by atoms with Gasteiger partial charge >= 0.3 is 0 Å². The molecular formula is C14H22N2O. The largest absolute Gasteiger partial charge is 0.341 e. The average Bonchev–Trinajstić information content (AvgIpc) is 2.31. The zero-order chi connectivity index (χ0) is 13.1. The summed E-state index contributed by atoms with van der Waals surface area (Å²) in [6, 6.07) is 8.21. The molecule has 0 atom stereocenters. The van der Waals surface area contributed by atoms with Crippen molar-refractivity contribution in [1.29, 1.82) is 0 Å². The fourth-order valence-electron chi connectivity index (χ4n) is 1.64. The van der Waals surface area contributed by atoms with Crippen LogP contribution in [0.4, 0.5) is 0 Å². The molecule has 0 aromatic heterocycles. The van der Waals surface area contributed by atoms with Crippen molar-refractivity contribution in [3.05, 3.63) is 35.4 Å². The van der Waals surface area contributed by atoms with Gasteiger partial charge in [0.2, 0.25) is 5.91 Å². The highest BCUT2D eigenvalue weighted by molar-refractivity contribution is 5.81. The second kappa shape index (κ2) is 5.32. The van der Waals surface area contributed by atoms with Crippen molar-refractivity contribution in [3.8, 4) is 0 Å². The van der Waals surface area contributed by atoms with Crippen molar-refractivity contribution >= 4 is 5.91 Å². The minimum absolute atomic E-state index is 0.0839. The van der Waals surface area contributed by atoms with Gasteiger partial charge in [0.15, 0.2) is 0 Å². The molecule has 94 valence electrons. The molecular weight excluding hydrogens is 212 g/mol. The molecule has 2 N–H and O–H groups in total. The van der Waals surface area contributed by atoms with Crippen LogP contribution in [-0.4, -0.2) is 24.4 Å². The molecule has 0 unspecified atom stereocenters. The maximum absolute atomic E-state index is 12.1. The lowest BCUT2D eigenvalue weighted by atomic mass is 9.92. The van der Waals surface area contributed by atoms with E-state index in [0.29, 0.717) is 13.1 Å². The van der Waals surface area contributed by atoms with Crippen LogP contribution < -0.4 is 5.73 Å². The Morgan fingerprint density at radius 2 is 1.82 bits per heavy atom. The molecule has 0 spiro atoms. The summed E-state index contributed by atoms with van der Waals surface area (Å²) in [7, 11) is 1.82. The van der Waals surface area contributed by atoms with Crippen molar-refractivity contribution in [2.45, 2.75) is 27.3 Å². The van der Waals surface area contributed by atoms with E-state index in [1.54, 1.807) is 4.90 Å². The lowest BCUT2D eigenvalue weighted by Gasteiger charge is -2.28. The minimum atomic E-state index is -0.487. The number of carbonyl (C=O) groups excluding carboxylic acids is 1. The van der Waals surface area contributed by atoms with E-state index in [-0.39, 0.29) is 5.91 Å². The summed E-state index contributed by atoms with van der Waals surface area (Å²) >= 11 is 0. The third-order valence-electron chi connectivity index (χ3n) is 2.98. The number of aryl methyl sites for hydroxylation is 1. The molecule has 17 heavy (non-hydrogen) atoms. The van der Waals surface area contributed by atoms with Gasteiger partial charge in [-0.05, 0) is 26.3 Å². The summed E-state index contributed by atoms with van der Waals surface area (Å²) < 4.78 is 0. The van der Waals surface area contributed by atoms with E-state index in [1.165, 1.54) is 5.56 Å². The zero-order valence-electron chi connectivity index (χ0n) is 11.2. The Hall–Kier alpha value is -1.35. The first-order chi connectivity index (χ1) is 7.86. The average molecular weight is 234 g/mol. The van der Waals surface area contributed by atoms with Crippen molar-refractivity contribution in [2.24, 2.45) is 11.1 Å². The molecule has 0 saturated heterocycles. The number of nitrogens with two attached hydrogens (primary N) is 1. The Labute approximate surface area is 104 Å². The van der Waals surface area contributed by atoms with Crippen molar-refractivity contribution in [3.63, 3.8) is 0 Å². The Morgan fingerprint density at radius 3 is 2.29 bits per heavy atom. The quantitative estimate of drug-likeness (QED) is 0.865. The van der Waals surface area contributed by atoms with Crippen LogP contribution in [0, 0.1) is 12.3 Å². The number of nitrogens with zero attached hydrogens (tertiary/aromatic N) is 1. The summed E-state index contributed by atoms with van der Waals surface area (Å²) in [6.07, 6.45) is 0. The molecule has 3 heteroatoms. The normalized spacial score (nSPS) is 11.4. The molecule has 0 saturated carbocycles. The zero-order valence-corrected chi connectivity index (χ0v) is 11.2. The van der Waals surface area contributed by atoms with Crippen LogP contribution in [-0.2, 0) is 11.3 Å². The van der Waals surface area contributed by atoms with Crippen LogP contribution in [0.3, 0.4) is 0 Å². The van der Waals surface area contributed by atoms with Crippen LogP contribution in [0.1, 0.15) is 25.0 Å². The highest BCUT2D eigenvalue weighted by Gasteiger charge is 2.28. The molecule has 0 aliphatic heterocycles. The van der Waals surface area contributed by atoms with Crippen LogP contribution in [0.2, 0.25) is 0 Å². The van der Waals surface area contributed by atoms with E-state index in [0.717, 1.165) is 5.56 Å². The number of rotatable bonds is 4. The number of benzene rings is 1. The monoisotopic (exact) mass is 234 g/mol. The van der Waals surface area contributed by atoms with E-state index < -0.39 is 5.41 Å². The summed E-state index contributed by atoms with van der Waals surface area (Å²) in [5, 5.41) is 0. The van der Waals surface area contributed by atoms with E-state index in [4.69, 9.17) is 5.73 Å². The smallest absolute Gasteiger partial charge is 0.229 e. The molecule has 0 fully saturated rings. The highest BCUT2D eigenvalue weighted by Crippen LogP contribution is 2.17. The molecule has 0 radical (unpaired) electrons. The van der Waals surface area contributed by atoms with E-state index in [1.807, 2.05) is 20.9 Å². The number of hydrogen-bond donors (Lipinski definition) is 1. The molecule has 1 amide bonds. The van der Waals surface area contributed by atoms with Gasteiger partial charge in [0, 0.05) is 20.1 Å². The first-order valence-corrected chi connectivity index (χ1v) is 5.88. The number of hydrogen-bond acceptors (Lipinski definition) is 2. The van der Waals surface area contributed by atoms with Gasteiger partial charge in [-0.3, -0.25) is 4.79 Å². The van der Waals surface area contributed by atoms with Gasteiger partial charge in [0.1, 0.15) is 0 Å². The van der Waals surface area contributed by atoms with Gasteiger partial charge in [-0.1, -0.05) is 29.8 Å². The lowest BCUT2D eigenvalue weighted by molar-refractivity contribution is -0.139. The van der Waals surface area contributed by atoms with Gasteiger partial charge in [-0.2, -0.15) is 0 Å². The molecule has 1 rings (SSSR count). The fourth-order valence-corrected chi connectivity index (χ4v) is 1.64.